The second kappa shape index (κ2) is 6.26. The monoisotopic (exact) mass is 342 g/mol. The average molecular weight is 342 g/mol. The molecule has 2 atom stereocenters. The van der Waals surface area contributed by atoms with Crippen LogP contribution in [0.5, 0.6) is 0 Å². The van der Waals surface area contributed by atoms with Crippen LogP contribution in [0.25, 0.3) is 11.3 Å². The molecule has 1 amide bonds. The summed E-state index contributed by atoms with van der Waals surface area (Å²) < 4.78 is 14.0. The molecule has 2 saturated heterocycles. The summed E-state index contributed by atoms with van der Waals surface area (Å²) in [6.45, 7) is 3.99. The number of aromatic amines is 1. The number of hydrogen-bond acceptors (Lipinski definition) is 3. The second-order valence-corrected chi connectivity index (χ2v) is 7.25. The average Bonchev–Trinajstić information content (AvgIpc) is 3.10. The number of aromatic nitrogens is 2. The lowest BCUT2D eigenvalue weighted by atomic mass is 9.77. The number of fused-ring (bicyclic) bond motifs is 1. The SMILES string of the molecule is C[C@]12CCCN(C(=O)c3cc(-c4ccccc4F)n[nH]3)[C@@H]1CCCN2. The van der Waals surface area contributed by atoms with Crippen molar-refractivity contribution in [3.63, 3.8) is 0 Å². The van der Waals surface area contributed by atoms with E-state index in [0.717, 1.165) is 38.8 Å². The molecular weight excluding hydrogens is 319 g/mol. The predicted molar refractivity (Wildman–Crippen MR) is 93.7 cm³/mol. The van der Waals surface area contributed by atoms with E-state index in [2.05, 4.69) is 22.4 Å². The van der Waals surface area contributed by atoms with Crippen molar-refractivity contribution in [3.8, 4) is 11.3 Å². The van der Waals surface area contributed by atoms with E-state index in [4.69, 9.17) is 0 Å². The van der Waals surface area contributed by atoms with Crippen LogP contribution in [0.1, 0.15) is 43.1 Å². The Hall–Kier alpha value is -2.21. The normalized spacial score (nSPS) is 26.3. The van der Waals surface area contributed by atoms with Crippen LogP contribution in [-0.2, 0) is 0 Å². The molecule has 0 saturated carbocycles. The van der Waals surface area contributed by atoms with Gasteiger partial charge in [-0.2, -0.15) is 5.10 Å². The minimum absolute atomic E-state index is 0.0133. The fraction of sp³-hybridized carbons (Fsp3) is 0.474. The minimum Gasteiger partial charge on any atom is -0.333 e. The summed E-state index contributed by atoms with van der Waals surface area (Å²) in [5.41, 5.74) is 1.28. The van der Waals surface area contributed by atoms with Crippen LogP contribution in [-0.4, -0.2) is 45.7 Å². The number of rotatable bonds is 2. The first-order valence-corrected chi connectivity index (χ1v) is 8.95. The van der Waals surface area contributed by atoms with Crippen LogP contribution >= 0.6 is 0 Å². The van der Waals surface area contributed by atoms with Crippen LogP contribution in [0.15, 0.2) is 30.3 Å². The third-order valence-corrected chi connectivity index (χ3v) is 5.61. The van der Waals surface area contributed by atoms with Gasteiger partial charge in [-0.25, -0.2) is 4.39 Å². The maximum absolute atomic E-state index is 14.0. The van der Waals surface area contributed by atoms with Crippen LogP contribution in [0.4, 0.5) is 4.39 Å². The summed E-state index contributed by atoms with van der Waals surface area (Å²) in [4.78, 5) is 15.0. The van der Waals surface area contributed by atoms with Gasteiger partial charge in [0.2, 0.25) is 0 Å². The molecule has 0 spiro atoms. The number of halogens is 1. The first-order valence-electron chi connectivity index (χ1n) is 8.95. The molecule has 5 nitrogen and oxygen atoms in total. The van der Waals surface area contributed by atoms with Gasteiger partial charge >= 0.3 is 0 Å². The van der Waals surface area contributed by atoms with E-state index >= 15 is 0 Å². The Bertz CT molecular complexity index is 785. The molecule has 0 aliphatic carbocycles. The van der Waals surface area contributed by atoms with Crippen molar-refractivity contribution < 1.29 is 9.18 Å². The lowest BCUT2D eigenvalue weighted by Crippen LogP contribution is -2.65. The van der Waals surface area contributed by atoms with E-state index in [0.29, 0.717) is 17.0 Å². The number of amides is 1. The van der Waals surface area contributed by atoms with Gasteiger partial charge in [0.15, 0.2) is 0 Å². The first kappa shape index (κ1) is 16.3. The Balaban J connectivity index is 1.60. The summed E-state index contributed by atoms with van der Waals surface area (Å²) in [7, 11) is 0. The summed E-state index contributed by atoms with van der Waals surface area (Å²) in [6.07, 6.45) is 4.17. The molecule has 3 heterocycles. The van der Waals surface area contributed by atoms with Gasteiger partial charge in [-0.3, -0.25) is 9.89 Å². The Morgan fingerprint density at radius 2 is 2.20 bits per heavy atom. The molecule has 2 aliphatic rings. The Kier molecular flexibility index (Phi) is 4.07. The van der Waals surface area contributed by atoms with Crippen molar-refractivity contribution in [1.29, 1.82) is 0 Å². The van der Waals surface area contributed by atoms with Crippen LogP contribution in [0.3, 0.4) is 0 Å². The van der Waals surface area contributed by atoms with E-state index < -0.39 is 0 Å². The van der Waals surface area contributed by atoms with Gasteiger partial charge in [0.1, 0.15) is 11.5 Å². The first-order chi connectivity index (χ1) is 12.1. The lowest BCUT2D eigenvalue weighted by molar-refractivity contribution is 0.0249. The molecule has 2 fully saturated rings. The third-order valence-electron chi connectivity index (χ3n) is 5.61. The smallest absolute Gasteiger partial charge is 0.272 e. The molecule has 6 heteroatoms. The van der Waals surface area contributed by atoms with Crippen molar-refractivity contribution in [2.75, 3.05) is 13.1 Å². The zero-order valence-corrected chi connectivity index (χ0v) is 14.4. The number of nitrogens with zero attached hydrogens (tertiary/aromatic N) is 2. The molecule has 132 valence electrons. The molecule has 25 heavy (non-hydrogen) atoms. The summed E-state index contributed by atoms with van der Waals surface area (Å²) in [6, 6.07) is 8.32. The van der Waals surface area contributed by atoms with Gasteiger partial charge in [-0.15, -0.1) is 0 Å². The zero-order valence-electron chi connectivity index (χ0n) is 14.4. The van der Waals surface area contributed by atoms with Crippen molar-refractivity contribution in [2.45, 2.75) is 44.2 Å². The largest absolute Gasteiger partial charge is 0.333 e. The van der Waals surface area contributed by atoms with Crippen molar-refractivity contribution >= 4 is 5.91 Å². The van der Waals surface area contributed by atoms with Crippen molar-refractivity contribution in [1.82, 2.24) is 20.4 Å². The number of nitrogens with one attached hydrogen (secondary N) is 2. The standard InChI is InChI=1S/C19H23FN4O/c1-19-9-5-11-24(17(19)8-4-10-21-19)18(25)16-12-15(22-23-16)13-6-2-3-7-14(13)20/h2-3,6-7,12,17,21H,4-5,8-11H2,1H3,(H,22,23)/t17-,19+/m1/s1. The summed E-state index contributed by atoms with van der Waals surface area (Å²) in [5.74, 6) is -0.384. The van der Waals surface area contributed by atoms with Gasteiger partial charge in [0.25, 0.3) is 5.91 Å². The highest BCUT2D eigenvalue weighted by atomic mass is 19.1. The van der Waals surface area contributed by atoms with E-state index in [1.807, 2.05) is 4.90 Å². The number of hydrogen-bond donors (Lipinski definition) is 2. The molecule has 0 unspecified atom stereocenters. The van der Waals surface area contributed by atoms with Crippen molar-refractivity contribution in [3.05, 3.63) is 41.8 Å². The molecule has 1 aromatic heterocycles. The summed E-state index contributed by atoms with van der Waals surface area (Å²) in [5, 5.41) is 10.6. The number of likely N-dealkylation sites (tertiary alicyclic amines) is 1. The maximum Gasteiger partial charge on any atom is 0.272 e. The molecule has 0 bridgehead atoms. The number of carbonyl (C=O) groups excluding carboxylic acids is 1. The highest BCUT2D eigenvalue weighted by Crippen LogP contribution is 2.34. The predicted octanol–water partition coefficient (Wildman–Crippen LogP) is 2.96. The van der Waals surface area contributed by atoms with Gasteiger partial charge in [-0.1, -0.05) is 12.1 Å². The van der Waals surface area contributed by atoms with E-state index in [-0.39, 0.29) is 23.3 Å². The molecule has 1 aromatic carbocycles. The molecule has 2 aliphatic heterocycles. The topological polar surface area (TPSA) is 61.0 Å². The molecule has 2 N–H and O–H groups in total. The Labute approximate surface area is 146 Å². The Morgan fingerprint density at radius 1 is 1.36 bits per heavy atom. The molecular formula is C19H23FN4O. The Morgan fingerprint density at radius 3 is 3.04 bits per heavy atom. The fourth-order valence-corrected chi connectivity index (χ4v) is 4.27. The maximum atomic E-state index is 14.0. The third kappa shape index (κ3) is 2.84. The fourth-order valence-electron chi connectivity index (χ4n) is 4.27. The van der Waals surface area contributed by atoms with Gasteiger partial charge < -0.3 is 10.2 Å². The van der Waals surface area contributed by atoms with Crippen molar-refractivity contribution in [2.24, 2.45) is 0 Å². The number of H-pyrrole nitrogens is 1. The molecule has 0 radical (unpaired) electrons. The van der Waals surface area contributed by atoms with Gasteiger partial charge in [0.05, 0.1) is 5.69 Å². The minimum atomic E-state index is -0.338. The molecule has 2 aromatic rings. The van der Waals surface area contributed by atoms with Gasteiger partial charge in [0, 0.05) is 23.7 Å². The van der Waals surface area contributed by atoms with Crippen LogP contribution < -0.4 is 5.32 Å². The number of carbonyl (C=O) groups is 1. The summed E-state index contributed by atoms with van der Waals surface area (Å²) >= 11 is 0. The van der Waals surface area contributed by atoms with Crippen LogP contribution in [0.2, 0.25) is 0 Å². The number of benzene rings is 1. The molecule has 4 rings (SSSR count). The zero-order chi connectivity index (χ0) is 17.4. The van der Waals surface area contributed by atoms with E-state index in [1.54, 1.807) is 24.3 Å². The highest BCUT2D eigenvalue weighted by molar-refractivity contribution is 5.93. The highest BCUT2D eigenvalue weighted by Gasteiger charge is 2.44. The number of piperidine rings is 2. The van der Waals surface area contributed by atoms with Gasteiger partial charge in [-0.05, 0) is 57.4 Å². The van der Waals surface area contributed by atoms with Crippen LogP contribution in [0, 0.1) is 5.82 Å². The quantitative estimate of drug-likeness (QED) is 0.882. The van der Waals surface area contributed by atoms with E-state index in [1.165, 1.54) is 6.07 Å². The second-order valence-electron chi connectivity index (χ2n) is 7.25. The van der Waals surface area contributed by atoms with E-state index in [9.17, 15) is 9.18 Å². The lowest BCUT2D eigenvalue weighted by Gasteiger charge is -2.51.